The number of hydrogen-bond donors (Lipinski definition) is 2. The third-order valence-electron chi connectivity index (χ3n) is 4.88. The highest BCUT2D eigenvalue weighted by Gasteiger charge is 2.42. The lowest BCUT2D eigenvalue weighted by molar-refractivity contribution is -0.157. The van der Waals surface area contributed by atoms with E-state index in [-0.39, 0.29) is 5.91 Å². The molecule has 1 saturated heterocycles. The molecule has 0 aromatic rings. The number of piperidine rings is 1. The van der Waals surface area contributed by atoms with Crippen LogP contribution in [0.2, 0.25) is 0 Å². The maximum atomic E-state index is 12.6. The highest BCUT2D eigenvalue weighted by atomic mass is 16.3. The number of nitrogens with one attached hydrogen (secondary N) is 1. The molecule has 2 fully saturated rings. The van der Waals surface area contributed by atoms with Crippen molar-refractivity contribution < 1.29 is 9.90 Å². The van der Waals surface area contributed by atoms with Gasteiger partial charge in [0.25, 0.3) is 5.91 Å². The van der Waals surface area contributed by atoms with Gasteiger partial charge in [-0.15, -0.1) is 0 Å². The first kappa shape index (κ1) is 16.8. The van der Waals surface area contributed by atoms with E-state index in [0.29, 0.717) is 24.8 Å². The summed E-state index contributed by atoms with van der Waals surface area (Å²) in [5.41, 5.74) is -1.18. The van der Waals surface area contributed by atoms with Crippen molar-refractivity contribution in [2.24, 2.45) is 11.8 Å². The minimum absolute atomic E-state index is 0.0458. The molecule has 1 atom stereocenters. The molecule has 1 amide bonds. The first-order chi connectivity index (χ1) is 10.0. The van der Waals surface area contributed by atoms with Crippen LogP contribution in [0.15, 0.2) is 0 Å². The monoisotopic (exact) mass is 296 g/mol. The second-order valence-electron chi connectivity index (χ2n) is 7.42. The van der Waals surface area contributed by atoms with Gasteiger partial charge in [-0.1, -0.05) is 33.1 Å². The fraction of sp³-hybridized carbons (Fsp3) is 0.941. The quantitative estimate of drug-likeness (QED) is 0.790. The van der Waals surface area contributed by atoms with Crippen LogP contribution in [0.5, 0.6) is 0 Å². The van der Waals surface area contributed by atoms with Gasteiger partial charge in [0.2, 0.25) is 0 Å². The molecule has 2 rings (SSSR count). The molecule has 1 aliphatic heterocycles. The molecule has 122 valence electrons. The van der Waals surface area contributed by atoms with Crippen LogP contribution in [-0.2, 0) is 4.79 Å². The zero-order valence-corrected chi connectivity index (χ0v) is 13.7. The van der Waals surface area contributed by atoms with Crippen LogP contribution in [0, 0.1) is 11.8 Å². The van der Waals surface area contributed by atoms with Crippen molar-refractivity contribution in [1.82, 2.24) is 10.2 Å². The maximum Gasteiger partial charge on any atom is 0.255 e. The van der Waals surface area contributed by atoms with Gasteiger partial charge in [-0.05, 0) is 44.1 Å². The molecule has 2 N–H and O–H groups in total. The van der Waals surface area contributed by atoms with Crippen LogP contribution in [0.3, 0.4) is 0 Å². The van der Waals surface area contributed by atoms with Crippen molar-refractivity contribution >= 4 is 5.91 Å². The lowest BCUT2D eigenvalue weighted by Crippen LogP contribution is -2.59. The van der Waals surface area contributed by atoms with Crippen molar-refractivity contribution in [1.29, 1.82) is 0 Å². The van der Waals surface area contributed by atoms with Crippen LogP contribution >= 0.6 is 0 Å². The molecule has 0 bridgehead atoms. The van der Waals surface area contributed by atoms with Crippen molar-refractivity contribution in [3.63, 3.8) is 0 Å². The summed E-state index contributed by atoms with van der Waals surface area (Å²) in [4.78, 5) is 14.6. The summed E-state index contributed by atoms with van der Waals surface area (Å²) in [5, 5.41) is 14.0. The lowest BCUT2D eigenvalue weighted by Gasteiger charge is -2.40. The molecule has 4 heteroatoms. The minimum Gasteiger partial charge on any atom is -0.379 e. The molecule has 1 heterocycles. The molecule has 0 aromatic carbocycles. The van der Waals surface area contributed by atoms with E-state index in [2.05, 4.69) is 19.2 Å². The van der Waals surface area contributed by atoms with Gasteiger partial charge < -0.3 is 15.3 Å². The molecule has 4 nitrogen and oxygen atoms in total. The number of nitrogens with zero attached hydrogens (tertiary/aromatic N) is 1. The highest BCUT2D eigenvalue weighted by molar-refractivity contribution is 5.86. The fourth-order valence-corrected chi connectivity index (χ4v) is 3.65. The summed E-state index contributed by atoms with van der Waals surface area (Å²) >= 11 is 0. The molecule has 2 aliphatic rings. The first-order valence-electron chi connectivity index (χ1n) is 8.74. The van der Waals surface area contributed by atoms with Crippen LogP contribution in [0.4, 0.5) is 0 Å². The molecule has 1 saturated carbocycles. The van der Waals surface area contributed by atoms with Crippen molar-refractivity contribution in [3.8, 4) is 0 Å². The normalized spacial score (nSPS) is 28.4. The Morgan fingerprint density at radius 2 is 2.00 bits per heavy atom. The zero-order chi connectivity index (χ0) is 15.3. The number of likely N-dealkylation sites (tertiary alicyclic amines) is 1. The van der Waals surface area contributed by atoms with Gasteiger partial charge in [0.15, 0.2) is 5.60 Å². The second-order valence-corrected chi connectivity index (χ2v) is 7.42. The average molecular weight is 296 g/mol. The number of rotatable bonds is 6. The van der Waals surface area contributed by atoms with E-state index in [1.807, 2.05) is 4.90 Å². The number of carbonyl (C=O) groups excluding carboxylic acids is 1. The van der Waals surface area contributed by atoms with Gasteiger partial charge in [0.1, 0.15) is 0 Å². The Morgan fingerprint density at radius 3 is 2.67 bits per heavy atom. The van der Waals surface area contributed by atoms with E-state index in [9.17, 15) is 9.90 Å². The average Bonchev–Trinajstić information content (AvgIpc) is 2.45. The van der Waals surface area contributed by atoms with E-state index in [4.69, 9.17) is 0 Å². The third kappa shape index (κ3) is 4.68. The molecule has 1 aliphatic carbocycles. The van der Waals surface area contributed by atoms with Crippen LogP contribution in [0.1, 0.15) is 58.8 Å². The van der Waals surface area contributed by atoms with Gasteiger partial charge >= 0.3 is 0 Å². The summed E-state index contributed by atoms with van der Waals surface area (Å²) in [6.45, 7) is 7.18. The van der Waals surface area contributed by atoms with Crippen LogP contribution in [0.25, 0.3) is 0 Å². The van der Waals surface area contributed by atoms with E-state index in [1.165, 1.54) is 32.1 Å². The zero-order valence-electron chi connectivity index (χ0n) is 13.7. The molecule has 0 spiro atoms. The van der Waals surface area contributed by atoms with Gasteiger partial charge in [-0.2, -0.15) is 0 Å². The molecule has 21 heavy (non-hydrogen) atoms. The summed E-state index contributed by atoms with van der Waals surface area (Å²) < 4.78 is 0. The molecule has 1 unspecified atom stereocenters. The molecule has 0 radical (unpaired) electrons. The van der Waals surface area contributed by atoms with Gasteiger partial charge in [-0.25, -0.2) is 0 Å². The van der Waals surface area contributed by atoms with E-state index in [0.717, 1.165) is 26.1 Å². The highest BCUT2D eigenvalue weighted by Crippen LogP contribution is 2.28. The van der Waals surface area contributed by atoms with Crippen LogP contribution in [-0.4, -0.2) is 47.7 Å². The fourth-order valence-electron chi connectivity index (χ4n) is 3.65. The maximum absolute atomic E-state index is 12.6. The second kappa shape index (κ2) is 7.59. The minimum atomic E-state index is -1.18. The lowest BCUT2D eigenvalue weighted by atomic mass is 9.86. The van der Waals surface area contributed by atoms with E-state index < -0.39 is 5.60 Å². The largest absolute Gasteiger partial charge is 0.379 e. The number of hydrogen-bond acceptors (Lipinski definition) is 3. The SMILES string of the molecule is CC(C)CNCC1(O)CCCN(CC2CCCCC2)C1=O. The Labute approximate surface area is 129 Å². The number of carbonyl (C=O) groups is 1. The number of aliphatic hydroxyl groups is 1. The van der Waals surface area contributed by atoms with Crippen LogP contribution < -0.4 is 5.32 Å². The van der Waals surface area contributed by atoms with Gasteiger partial charge in [0, 0.05) is 19.6 Å². The van der Waals surface area contributed by atoms with Crippen molar-refractivity contribution in [2.75, 3.05) is 26.2 Å². The number of amides is 1. The Balaban J connectivity index is 1.87. The predicted molar refractivity (Wildman–Crippen MR) is 85.0 cm³/mol. The molecule has 0 aromatic heterocycles. The Hall–Kier alpha value is -0.610. The van der Waals surface area contributed by atoms with E-state index >= 15 is 0 Å². The van der Waals surface area contributed by atoms with Gasteiger partial charge in [-0.3, -0.25) is 4.79 Å². The predicted octanol–water partition coefficient (Wildman–Crippen LogP) is 2.17. The Kier molecular flexibility index (Phi) is 6.06. The Morgan fingerprint density at radius 1 is 1.29 bits per heavy atom. The summed E-state index contributed by atoms with van der Waals surface area (Å²) in [6.07, 6.45) is 7.94. The van der Waals surface area contributed by atoms with Gasteiger partial charge in [0.05, 0.1) is 0 Å². The first-order valence-corrected chi connectivity index (χ1v) is 8.74. The van der Waals surface area contributed by atoms with Crippen molar-refractivity contribution in [2.45, 2.75) is 64.4 Å². The summed E-state index contributed by atoms with van der Waals surface area (Å²) in [7, 11) is 0. The topological polar surface area (TPSA) is 52.6 Å². The van der Waals surface area contributed by atoms with E-state index in [1.54, 1.807) is 0 Å². The molecular formula is C17H32N2O2. The smallest absolute Gasteiger partial charge is 0.255 e. The summed E-state index contributed by atoms with van der Waals surface area (Å²) in [6, 6.07) is 0. The van der Waals surface area contributed by atoms with Crippen molar-refractivity contribution in [3.05, 3.63) is 0 Å². The molecular weight excluding hydrogens is 264 g/mol. The standard InChI is InChI=1S/C17H32N2O2/c1-14(2)11-18-13-17(21)9-6-10-19(16(17)20)12-15-7-4-3-5-8-15/h14-15,18,21H,3-13H2,1-2H3. The summed E-state index contributed by atoms with van der Waals surface area (Å²) in [5.74, 6) is 1.13. The third-order valence-corrected chi connectivity index (χ3v) is 4.88. The Bertz CT molecular complexity index is 340.